The molecule has 0 unspecified atom stereocenters. The quantitative estimate of drug-likeness (QED) is 0.351. The highest BCUT2D eigenvalue weighted by Crippen LogP contribution is 2.40. The van der Waals surface area contributed by atoms with E-state index in [4.69, 9.17) is 4.74 Å². The Labute approximate surface area is 197 Å². The Kier molecular flexibility index (Phi) is 6.93. The highest BCUT2D eigenvalue weighted by atomic mass is 32.1. The largest absolute Gasteiger partial charge is 0.465 e. The maximum absolute atomic E-state index is 12.5. The monoisotopic (exact) mass is 468 g/mol. The van der Waals surface area contributed by atoms with Gasteiger partial charge in [0.05, 0.1) is 23.8 Å². The van der Waals surface area contributed by atoms with Gasteiger partial charge in [0.1, 0.15) is 5.00 Å². The number of amides is 3. The molecule has 0 radical (unpaired) electrons. The van der Waals surface area contributed by atoms with Crippen LogP contribution in [0.25, 0.3) is 0 Å². The molecular formula is C25H28N2O5S. The van der Waals surface area contributed by atoms with Gasteiger partial charge in [-0.25, -0.2) is 4.79 Å². The van der Waals surface area contributed by atoms with Crippen molar-refractivity contribution in [1.82, 2.24) is 4.90 Å². The van der Waals surface area contributed by atoms with Gasteiger partial charge in [-0.2, -0.15) is 0 Å². The van der Waals surface area contributed by atoms with Crippen LogP contribution >= 0.6 is 11.3 Å². The molecule has 0 saturated heterocycles. The third-order valence-electron chi connectivity index (χ3n) is 6.32. The summed E-state index contributed by atoms with van der Waals surface area (Å²) in [6.45, 7) is 2.54. The second-order valence-electron chi connectivity index (χ2n) is 8.71. The van der Waals surface area contributed by atoms with Gasteiger partial charge >= 0.3 is 5.97 Å². The van der Waals surface area contributed by atoms with Gasteiger partial charge < -0.3 is 10.1 Å². The minimum atomic E-state index is -0.404. The number of anilines is 1. The molecule has 174 valence electrons. The fourth-order valence-electron chi connectivity index (χ4n) is 4.52. The van der Waals surface area contributed by atoms with Gasteiger partial charge in [0, 0.05) is 17.8 Å². The van der Waals surface area contributed by atoms with Crippen LogP contribution in [-0.2, 0) is 22.4 Å². The first-order valence-electron chi connectivity index (χ1n) is 11.4. The first kappa shape index (κ1) is 23.2. The Balaban J connectivity index is 1.27. The number of esters is 1. The molecule has 2 aliphatic rings. The van der Waals surface area contributed by atoms with Crippen molar-refractivity contribution in [3.05, 3.63) is 51.4 Å². The van der Waals surface area contributed by atoms with Crippen molar-refractivity contribution >= 4 is 40.0 Å². The molecular weight excluding hydrogens is 440 g/mol. The SMILES string of the molecule is COC(=O)c1c(NC(=O)CCCCCN2C(=O)c3ccccc3C2=O)sc2c1CC[C@H](C)C2. The van der Waals surface area contributed by atoms with Crippen LogP contribution in [0.15, 0.2) is 24.3 Å². The van der Waals surface area contributed by atoms with Crippen molar-refractivity contribution in [2.45, 2.75) is 51.9 Å². The summed E-state index contributed by atoms with van der Waals surface area (Å²) >= 11 is 1.48. The molecule has 0 saturated carbocycles. The molecule has 8 heteroatoms. The lowest BCUT2D eigenvalue weighted by Crippen LogP contribution is -2.30. The van der Waals surface area contributed by atoms with Crippen molar-refractivity contribution < 1.29 is 23.9 Å². The zero-order valence-electron chi connectivity index (χ0n) is 18.9. The van der Waals surface area contributed by atoms with Gasteiger partial charge in [0.2, 0.25) is 5.91 Å². The van der Waals surface area contributed by atoms with Gasteiger partial charge in [-0.15, -0.1) is 11.3 Å². The number of hydrogen-bond acceptors (Lipinski definition) is 6. The number of nitrogens with one attached hydrogen (secondary N) is 1. The molecule has 1 atom stereocenters. The van der Waals surface area contributed by atoms with E-state index in [1.807, 2.05) is 0 Å². The molecule has 0 fully saturated rings. The van der Waals surface area contributed by atoms with Crippen LogP contribution in [0.3, 0.4) is 0 Å². The lowest BCUT2D eigenvalue weighted by Gasteiger charge is -2.18. The average Bonchev–Trinajstić information content (AvgIpc) is 3.27. The molecule has 1 aliphatic carbocycles. The number of fused-ring (bicyclic) bond motifs is 2. The highest BCUT2D eigenvalue weighted by molar-refractivity contribution is 7.17. The van der Waals surface area contributed by atoms with Crippen molar-refractivity contribution in [1.29, 1.82) is 0 Å². The smallest absolute Gasteiger partial charge is 0.341 e. The number of carbonyl (C=O) groups is 4. The molecule has 1 N–H and O–H groups in total. The van der Waals surface area contributed by atoms with Crippen LogP contribution in [0.4, 0.5) is 5.00 Å². The minimum absolute atomic E-state index is 0.146. The standard InChI is InChI=1S/C25H28N2O5S/c1-15-11-12-18-19(14-15)33-22(21(18)25(31)32-2)26-20(28)10-4-3-7-13-27-23(29)16-8-5-6-9-17(16)24(27)30/h5-6,8-9,15H,3-4,7,10-14H2,1-2H3,(H,26,28)/t15-/m0/s1. The van der Waals surface area contributed by atoms with E-state index in [1.54, 1.807) is 24.3 Å². The van der Waals surface area contributed by atoms with Crippen molar-refractivity contribution in [3.8, 4) is 0 Å². The third kappa shape index (κ3) is 4.71. The number of unbranched alkanes of at least 4 members (excludes halogenated alkanes) is 2. The lowest BCUT2D eigenvalue weighted by molar-refractivity contribution is -0.116. The predicted molar refractivity (Wildman–Crippen MR) is 126 cm³/mol. The second kappa shape index (κ2) is 9.87. The van der Waals surface area contributed by atoms with Crippen molar-refractivity contribution in [3.63, 3.8) is 0 Å². The Morgan fingerprint density at radius 1 is 1.12 bits per heavy atom. The van der Waals surface area contributed by atoms with Crippen LogP contribution < -0.4 is 5.32 Å². The number of benzene rings is 1. The maximum Gasteiger partial charge on any atom is 0.341 e. The number of nitrogens with zero attached hydrogens (tertiary/aromatic N) is 1. The van der Waals surface area contributed by atoms with E-state index in [1.165, 1.54) is 23.3 Å². The number of rotatable bonds is 8. The van der Waals surface area contributed by atoms with Gasteiger partial charge in [-0.3, -0.25) is 19.3 Å². The summed E-state index contributed by atoms with van der Waals surface area (Å²) in [5.74, 6) is -0.488. The van der Waals surface area contributed by atoms with Crippen LogP contribution in [0.5, 0.6) is 0 Å². The van der Waals surface area contributed by atoms with Crippen LogP contribution in [0.2, 0.25) is 0 Å². The average molecular weight is 469 g/mol. The number of imide groups is 1. The highest BCUT2D eigenvalue weighted by Gasteiger charge is 2.34. The number of thiophene rings is 1. The van der Waals surface area contributed by atoms with E-state index >= 15 is 0 Å². The molecule has 3 amide bonds. The van der Waals surface area contributed by atoms with Crippen LogP contribution in [-0.4, -0.2) is 42.2 Å². The Hall–Kier alpha value is -3.00. The molecule has 1 aliphatic heterocycles. The molecule has 4 rings (SSSR count). The van der Waals surface area contributed by atoms with Crippen molar-refractivity contribution in [2.75, 3.05) is 19.0 Å². The molecule has 7 nitrogen and oxygen atoms in total. The Bertz CT molecular complexity index is 1070. The van der Waals surface area contributed by atoms with E-state index in [0.29, 0.717) is 59.8 Å². The first-order chi connectivity index (χ1) is 15.9. The zero-order chi connectivity index (χ0) is 23.5. The molecule has 2 aromatic rings. The molecule has 0 spiro atoms. The predicted octanol–water partition coefficient (Wildman–Crippen LogP) is 4.45. The summed E-state index contributed by atoms with van der Waals surface area (Å²) in [6.07, 6.45) is 5.05. The van der Waals surface area contributed by atoms with Gasteiger partial charge in [0.25, 0.3) is 11.8 Å². The fraction of sp³-hybridized carbons (Fsp3) is 0.440. The van der Waals surface area contributed by atoms with E-state index in [0.717, 1.165) is 29.7 Å². The number of carbonyl (C=O) groups excluding carboxylic acids is 4. The Morgan fingerprint density at radius 3 is 2.48 bits per heavy atom. The van der Waals surface area contributed by atoms with E-state index in [9.17, 15) is 19.2 Å². The molecule has 0 bridgehead atoms. The Morgan fingerprint density at radius 2 is 1.82 bits per heavy atom. The number of hydrogen-bond donors (Lipinski definition) is 1. The third-order valence-corrected chi connectivity index (χ3v) is 7.49. The van der Waals surface area contributed by atoms with Gasteiger partial charge in [0.15, 0.2) is 0 Å². The van der Waals surface area contributed by atoms with Crippen LogP contribution in [0, 0.1) is 5.92 Å². The minimum Gasteiger partial charge on any atom is -0.465 e. The molecule has 33 heavy (non-hydrogen) atoms. The topological polar surface area (TPSA) is 92.8 Å². The molecule has 1 aromatic carbocycles. The van der Waals surface area contributed by atoms with E-state index in [-0.39, 0.29) is 17.7 Å². The lowest BCUT2D eigenvalue weighted by atomic mass is 9.88. The summed E-state index contributed by atoms with van der Waals surface area (Å²) in [5.41, 5.74) is 2.43. The fourth-order valence-corrected chi connectivity index (χ4v) is 5.94. The number of methoxy groups -OCH3 is 1. The van der Waals surface area contributed by atoms with Crippen molar-refractivity contribution in [2.24, 2.45) is 5.92 Å². The summed E-state index contributed by atoms with van der Waals surface area (Å²) in [5, 5.41) is 3.50. The number of ether oxygens (including phenoxy) is 1. The van der Waals surface area contributed by atoms with E-state index < -0.39 is 5.97 Å². The molecule has 2 heterocycles. The van der Waals surface area contributed by atoms with E-state index in [2.05, 4.69) is 12.2 Å². The summed E-state index contributed by atoms with van der Waals surface area (Å²) < 4.78 is 4.97. The maximum atomic E-state index is 12.5. The zero-order valence-corrected chi connectivity index (χ0v) is 19.8. The second-order valence-corrected chi connectivity index (χ2v) is 9.82. The first-order valence-corrected chi connectivity index (χ1v) is 12.2. The summed E-state index contributed by atoms with van der Waals surface area (Å²) in [7, 11) is 1.36. The normalized spacial score (nSPS) is 17.0. The summed E-state index contributed by atoms with van der Waals surface area (Å²) in [4.78, 5) is 52.2. The van der Waals surface area contributed by atoms with Gasteiger partial charge in [-0.1, -0.05) is 25.5 Å². The summed E-state index contributed by atoms with van der Waals surface area (Å²) in [6, 6.07) is 6.85. The molecule has 1 aromatic heterocycles. The van der Waals surface area contributed by atoms with Gasteiger partial charge in [-0.05, 0) is 55.7 Å². The van der Waals surface area contributed by atoms with Crippen LogP contribution in [0.1, 0.15) is 80.5 Å².